The molecule has 4 aromatic rings. The Kier molecular flexibility index (Phi) is 5.40. The molecule has 0 saturated heterocycles. The summed E-state index contributed by atoms with van der Waals surface area (Å²) >= 11 is 1.25. The van der Waals surface area contributed by atoms with Crippen LogP contribution in [0.5, 0.6) is 0 Å². The molecule has 2 aromatic heterocycles. The highest BCUT2D eigenvalue weighted by Crippen LogP contribution is 2.27. The Labute approximate surface area is 175 Å². The Morgan fingerprint density at radius 1 is 1.20 bits per heavy atom. The van der Waals surface area contributed by atoms with E-state index in [0.717, 1.165) is 16.6 Å². The number of rotatable bonds is 6. The predicted molar refractivity (Wildman–Crippen MR) is 114 cm³/mol. The van der Waals surface area contributed by atoms with Gasteiger partial charge in [-0.1, -0.05) is 36.0 Å². The third-order valence-electron chi connectivity index (χ3n) is 4.38. The zero-order chi connectivity index (χ0) is 21.1. The minimum atomic E-state index is -0.494. The average Bonchev–Trinajstić information content (AvgIpc) is 3.19. The van der Waals surface area contributed by atoms with E-state index >= 15 is 0 Å². The Morgan fingerprint density at radius 3 is 2.77 bits per heavy atom. The molecule has 1 N–H and O–H groups in total. The first-order valence-electron chi connectivity index (χ1n) is 8.95. The van der Waals surface area contributed by atoms with Gasteiger partial charge in [0.15, 0.2) is 5.65 Å². The summed E-state index contributed by atoms with van der Waals surface area (Å²) in [5.41, 5.74) is 2.61. The van der Waals surface area contributed by atoms with Gasteiger partial charge in [0, 0.05) is 12.1 Å². The number of hydrogen-bond donors (Lipinski definition) is 1. The Bertz CT molecular complexity index is 1240. The second-order valence-electron chi connectivity index (χ2n) is 6.40. The van der Waals surface area contributed by atoms with E-state index in [1.54, 1.807) is 23.9 Å². The molecule has 2 aromatic carbocycles. The fraction of sp³-hybridized carbons (Fsp3) is 0.100. The van der Waals surface area contributed by atoms with E-state index in [4.69, 9.17) is 0 Å². The minimum absolute atomic E-state index is 0.0746. The number of fused-ring (bicyclic) bond motifs is 1. The number of aromatic nitrogens is 4. The number of hydrogen-bond acceptors (Lipinski definition) is 7. The molecular weight excluding hydrogens is 404 g/mol. The number of nitrogens with one attached hydrogen (secondary N) is 1. The molecule has 0 aliphatic carbocycles. The van der Waals surface area contributed by atoms with Crippen LogP contribution in [0.3, 0.4) is 0 Å². The number of amides is 1. The van der Waals surface area contributed by atoms with Crippen LogP contribution in [0.2, 0.25) is 0 Å². The van der Waals surface area contributed by atoms with Crippen molar-refractivity contribution in [2.24, 2.45) is 0 Å². The molecule has 0 saturated carbocycles. The van der Waals surface area contributed by atoms with Crippen molar-refractivity contribution in [3.8, 4) is 5.69 Å². The Morgan fingerprint density at radius 2 is 2.00 bits per heavy atom. The van der Waals surface area contributed by atoms with Crippen molar-refractivity contribution in [2.75, 3.05) is 11.1 Å². The number of para-hydroxylation sites is 1. The number of nitro benzene ring substituents is 1. The molecule has 4 rings (SSSR count). The largest absolute Gasteiger partial charge is 0.325 e. The summed E-state index contributed by atoms with van der Waals surface area (Å²) in [5, 5.41) is 19.5. The summed E-state index contributed by atoms with van der Waals surface area (Å²) in [4.78, 5) is 31.5. The molecule has 0 atom stereocenters. The van der Waals surface area contributed by atoms with Gasteiger partial charge in [-0.25, -0.2) is 14.6 Å². The summed E-state index contributed by atoms with van der Waals surface area (Å²) in [6.07, 6.45) is 3.11. The maximum atomic E-state index is 12.4. The molecule has 30 heavy (non-hydrogen) atoms. The van der Waals surface area contributed by atoms with Crippen LogP contribution >= 0.6 is 11.8 Å². The summed E-state index contributed by atoms with van der Waals surface area (Å²) in [6.45, 7) is 1.78. The van der Waals surface area contributed by atoms with E-state index in [1.807, 2.05) is 30.3 Å². The van der Waals surface area contributed by atoms with Gasteiger partial charge in [-0.2, -0.15) is 5.10 Å². The predicted octanol–water partition coefficient (Wildman–Crippen LogP) is 3.76. The summed E-state index contributed by atoms with van der Waals surface area (Å²) < 4.78 is 1.72. The highest BCUT2D eigenvalue weighted by Gasteiger charge is 2.15. The zero-order valence-corrected chi connectivity index (χ0v) is 16.7. The SMILES string of the molecule is Cc1ccc([N+](=O)[O-])cc1NC(=O)CSc1ncnc2c1cnn2-c1ccccc1. The minimum Gasteiger partial charge on any atom is -0.325 e. The number of carbonyl (C=O) groups is 1. The molecule has 0 radical (unpaired) electrons. The van der Waals surface area contributed by atoms with Crippen molar-refractivity contribution in [3.05, 3.63) is 76.7 Å². The average molecular weight is 420 g/mol. The lowest BCUT2D eigenvalue weighted by atomic mass is 10.2. The fourth-order valence-electron chi connectivity index (χ4n) is 2.87. The standard InChI is InChI=1S/C20H16N6O3S/c1-13-7-8-15(26(28)29)9-17(13)24-18(27)11-30-20-16-10-23-25(19(16)21-12-22-20)14-5-3-2-4-6-14/h2-10,12H,11H2,1H3,(H,24,27). The van der Waals surface area contributed by atoms with Gasteiger partial charge in [0.05, 0.1) is 33.6 Å². The first-order valence-corrected chi connectivity index (χ1v) is 9.93. The van der Waals surface area contributed by atoms with Crippen LogP contribution in [0.25, 0.3) is 16.7 Å². The summed E-state index contributed by atoms with van der Waals surface area (Å²) in [6, 6.07) is 14.0. The molecule has 0 spiro atoms. The molecule has 0 unspecified atom stereocenters. The van der Waals surface area contributed by atoms with Gasteiger partial charge in [0.1, 0.15) is 11.4 Å². The topological polar surface area (TPSA) is 116 Å². The molecule has 1 amide bonds. The lowest BCUT2D eigenvalue weighted by molar-refractivity contribution is -0.384. The Hall–Kier alpha value is -3.79. The number of thioether (sulfide) groups is 1. The smallest absolute Gasteiger partial charge is 0.271 e. The van der Waals surface area contributed by atoms with E-state index in [-0.39, 0.29) is 17.3 Å². The zero-order valence-electron chi connectivity index (χ0n) is 15.8. The van der Waals surface area contributed by atoms with E-state index in [9.17, 15) is 14.9 Å². The highest BCUT2D eigenvalue weighted by atomic mass is 32.2. The van der Waals surface area contributed by atoms with Crippen LogP contribution in [0.4, 0.5) is 11.4 Å². The maximum Gasteiger partial charge on any atom is 0.271 e. The van der Waals surface area contributed by atoms with E-state index in [1.165, 1.54) is 30.2 Å². The van der Waals surface area contributed by atoms with Crippen molar-refractivity contribution >= 4 is 40.1 Å². The van der Waals surface area contributed by atoms with Crippen LogP contribution in [-0.2, 0) is 4.79 Å². The second kappa shape index (κ2) is 8.29. The highest BCUT2D eigenvalue weighted by molar-refractivity contribution is 8.00. The van der Waals surface area contributed by atoms with Crippen LogP contribution in [0, 0.1) is 17.0 Å². The maximum absolute atomic E-state index is 12.4. The normalized spacial score (nSPS) is 10.8. The van der Waals surface area contributed by atoms with Gasteiger partial charge in [-0.15, -0.1) is 0 Å². The van der Waals surface area contributed by atoms with E-state index in [0.29, 0.717) is 16.4 Å². The molecule has 10 heteroatoms. The van der Waals surface area contributed by atoms with Crippen molar-refractivity contribution in [2.45, 2.75) is 11.9 Å². The number of benzene rings is 2. The second-order valence-corrected chi connectivity index (χ2v) is 7.37. The van der Waals surface area contributed by atoms with Gasteiger partial charge in [-0.05, 0) is 24.6 Å². The van der Waals surface area contributed by atoms with Crippen molar-refractivity contribution in [1.29, 1.82) is 0 Å². The van der Waals surface area contributed by atoms with Gasteiger partial charge in [0.25, 0.3) is 5.69 Å². The van der Waals surface area contributed by atoms with Crippen LogP contribution in [-0.4, -0.2) is 36.3 Å². The molecule has 9 nitrogen and oxygen atoms in total. The molecule has 2 heterocycles. The van der Waals surface area contributed by atoms with Crippen LogP contribution in [0.15, 0.2) is 66.1 Å². The van der Waals surface area contributed by atoms with Gasteiger partial charge in [-0.3, -0.25) is 14.9 Å². The van der Waals surface area contributed by atoms with Gasteiger partial charge < -0.3 is 5.32 Å². The van der Waals surface area contributed by atoms with Crippen molar-refractivity contribution in [3.63, 3.8) is 0 Å². The first kappa shape index (κ1) is 19.5. The summed E-state index contributed by atoms with van der Waals surface area (Å²) in [5.74, 6) is -0.198. The number of nitro groups is 1. The molecular formula is C20H16N6O3S. The number of carbonyl (C=O) groups excluding carboxylic acids is 1. The quantitative estimate of drug-likeness (QED) is 0.218. The monoisotopic (exact) mass is 420 g/mol. The van der Waals surface area contributed by atoms with E-state index < -0.39 is 4.92 Å². The number of non-ortho nitro benzene ring substituents is 1. The van der Waals surface area contributed by atoms with E-state index in [2.05, 4.69) is 20.4 Å². The number of anilines is 1. The van der Waals surface area contributed by atoms with Crippen molar-refractivity contribution < 1.29 is 9.72 Å². The fourth-order valence-corrected chi connectivity index (χ4v) is 3.64. The molecule has 150 valence electrons. The third-order valence-corrected chi connectivity index (χ3v) is 5.38. The van der Waals surface area contributed by atoms with Gasteiger partial charge in [0.2, 0.25) is 5.91 Å². The van der Waals surface area contributed by atoms with Gasteiger partial charge >= 0.3 is 0 Å². The summed E-state index contributed by atoms with van der Waals surface area (Å²) in [7, 11) is 0. The number of nitrogens with zero attached hydrogens (tertiary/aromatic N) is 5. The molecule has 0 aliphatic rings. The Balaban J connectivity index is 1.50. The lowest BCUT2D eigenvalue weighted by Gasteiger charge is -2.08. The molecule has 0 fully saturated rings. The first-order chi connectivity index (χ1) is 14.5. The van der Waals surface area contributed by atoms with Crippen LogP contribution in [0.1, 0.15) is 5.56 Å². The van der Waals surface area contributed by atoms with Crippen molar-refractivity contribution in [1.82, 2.24) is 19.7 Å². The third kappa shape index (κ3) is 3.98. The number of aryl methyl sites for hydroxylation is 1. The molecule has 0 bridgehead atoms. The lowest BCUT2D eigenvalue weighted by Crippen LogP contribution is -2.15. The molecule has 0 aliphatic heterocycles. The van der Waals surface area contributed by atoms with Crippen LogP contribution < -0.4 is 5.32 Å².